The Morgan fingerprint density at radius 2 is 1.81 bits per heavy atom. The molecule has 0 atom stereocenters. The van der Waals surface area contributed by atoms with Crippen molar-refractivity contribution in [1.29, 1.82) is 0 Å². The molecular formula is C17H17Cl2N3O4S. The maximum Gasteiger partial charge on any atom is 0.271 e. The van der Waals surface area contributed by atoms with Crippen LogP contribution in [0.1, 0.15) is 12.8 Å². The van der Waals surface area contributed by atoms with E-state index in [9.17, 15) is 18.0 Å². The minimum absolute atomic E-state index is 0.283. The molecule has 2 heterocycles. The summed E-state index contributed by atoms with van der Waals surface area (Å²) < 4.78 is 27.6. The fraction of sp³-hybridized carbons (Fsp3) is 0.294. The number of rotatable bonds is 5. The molecule has 0 bridgehead atoms. The smallest absolute Gasteiger partial charge is 0.271 e. The van der Waals surface area contributed by atoms with E-state index in [1.807, 2.05) is 0 Å². The van der Waals surface area contributed by atoms with Gasteiger partial charge in [0.25, 0.3) is 5.56 Å². The van der Waals surface area contributed by atoms with Gasteiger partial charge in [0.15, 0.2) is 0 Å². The quantitative estimate of drug-likeness (QED) is 0.790. The summed E-state index contributed by atoms with van der Waals surface area (Å²) in [5.41, 5.74) is -0.308. The first kappa shape index (κ1) is 19.9. The molecule has 1 N–H and O–H groups in total. The Bertz CT molecular complexity index is 1030. The largest absolute Gasteiger partial charge is 0.324 e. The molecule has 0 aliphatic carbocycles. The lowest BCUT2D eigenvalue weighted by molar-refractivity contribution is -0.116. The molecule has 27 heavy (non-hydrogen) atoms. The number of nitrogens with one attached hydrogen (secondary N) is 1. The lowest BCUT2D eigenvalue weighted by atomic mass is 10.3. The maximum atomic E-state index is 12.6. The van der Waals surface area contributed by atoms with E-state index < -0.39 is 21.5 Å². The topological polar surface area (TPSA) is 88.5 Å². The van der Waals surface area contributed by atoms with Crippen molar-refractivity contribution in [2.45, 2.75) is 24.3 Å². The van der Waals surface area contributed by atoms with E-state index in [4.69, 9.17) is 23.2 Å². The molecule has 0 spiro atoms. The highest BCUT2D eigenvalue weighted by molar-refractivity contribution is 7.89. The van der Waals surface area contributed by atoms with Crippen LogP contribution in [0.25, 0.3) is 0 Å². The fourth-order valence-corrected chi connectivity index (χ4v) is 4.74. The van der Waals surface area contributed by atoms with Crippen LogP contribution in [0.3, 0.4) is 0 Å². The van der Waals surface area contributed by atoms with Crippen molar-refractivity contribution >= 4 is 44.8 Å². The van der Waals surface area contributed by atoms with E-state index in [-0.39, 0.29) is 16.5 Å². The van der Waals surface area contributed by atoms with Crippen LogP contribution in [0, 0.1) is 0 Å². The molecule has 1 aromatic heterocycles. The van der Waals surface area contributed by atoms with E-state index in [0.717, 1.165) is 17.4 Å². The number of anilines is 1. The maximum absolute atomic E-state index is 12.6. The number of carbonyl (C=O) groups is 1. The Labute approximate surface area is 166 Å². The summed E-state index contributed by atoms with van der Waals surface area (Å²) in [6.07, 6.45) is 2.92. The van der Waals surface area contributed by atoms with Gasteiger partial charge in [0.1, 0.15) is 11.4 Å². The van der Waals surface area contributed by atoms with Crippen molar-refractivity contribution in [3.8, 4) is 0 Å². The monoisotopic (exact) mass is 429 g/mol. The summed E-state index contributed by atoms with van der Waals surface area (Å²) in [4.78, 5) is 24.5. The van der Waals surface area contributed by atoms with E-state index in [2.05, 4.69) is 5.32 Å². The van der Waals surface area contributed by atoms with Crippen molar-refractivity contribution in [2.75, 3.05) is 18.4 Å². The Morgan fingerprint density at radius 1 is 1.11 bits per heavy atom. The molecule has 10 heteroatoms. The molecule has 1 aromatic carbocycles. The third-order valence-corrected chi connectivity index (χ3v) is 6.84. The molecule has 1 fully saturated rings. The van der Waals surface area contributed by atoms with E-state index >= 15 is 0 Å². The van der Waals surface area contributed by atoms with Crippen molar-refractivity contribution in [3.63, 3.8) is 0 Å². The fourth-order valence-electron chi connectivity index (χ4n) is 2.83. The van der Waals surface area contributed by atoms with Crippen molar-refractivity contribution in [3.05, 3.63) is 56.9 Å². The van der Waals surface area contributed by atoms with Gasteiger partial charge in [0, 0.05) is 25.0 Å². The number of pyridine rings is 1. The zero-order chi connectivity index (χ0) is 19.6. The highest BCUT2D eigenvalue weighted by Gasteiger charge is 2.30. The molecule has 0 unspecified atom stereocenters. The summed E-state index contributed by atoms with van der Waals surface area (Å²) in [6, 6.07) is 7.30. The van der Waals surface area contributed by atoms with E-state index in [1.54, 1.807) is 6.07 Å². The van der Waals surface area contributed by atoms with Gasteiger partial charge < -0.3 is 9.88 Å². The second-order valence-electron chi connectivity index (χ2n) is 6.09. The molecule has 144 valence electrons. The number of nitrogens with zero attached hydrogens (tertiary/aromatic N) is 2. The number of hydrogen-bond donors (Lipinski definition) is 1. The lowest BCUT2D eigenvalue weighted by Gasteiger charge is -2.16. The van der Waals surface area contributed by atoms with Crippen LogP contribution in [0.15, 0.2) is 46.2 Å². The van der Waals surface area contributed by atoms with Crippen LogP contribution in [-0.2, 0) is 21.4 Å². The van der Waals surface area contributed by atoms with Gasteiger partial charge in [0.2, 0.25) is 15.9 Å². The molecular weight excluding hydrogens is 413 g/mol. The third kappa shape index (κ3) is 4.35. The van der Waals surface area contributed by atoms with Crippen LogP contribution >= 0.6 is 23.2 Å². The number of carbonyl (C=O) groups excluding carboxylic acids is 1. The molecule has 3 rings (SSSR count). The highest BCUT2D eigenvalue weighted by Crippen LogP contribution is 2.25. The van der Waals surface area contributed by atoms with Crippen LogP contribution in [0.5, 0.6) is 0 Å². The molecule has 1 amide bonds. The van der Waals surface area contributed by atoms with Gasteiger partial charge in [-0.15, -0.1) is 0 Å². The van der Waals surface area contributed by atoms with Crippen LogP contribution in [0.2, 0.25) is 10.0 Å². The second kappa shape index (κ2) is 8.02. The average molecular weight is 430 g/mol. The number of benzene rings is 1. The standard InChI is InChI=1S/C17H17Cl2N3O4S/c18-13-6-5-12(10-14(13)19)20-16(23)11-21-7-3-4-15(17(21)24)27(25,26)22-8-1-2-9-22/h3-7,10H,1-2,8-9,11H2,(H,20,23). The summed E-state index contributed by atoms with van der Waals surface area (Å²) in [7, 11) is -3.86. The number of sulfonamides is 1. The minimum atomic E-state index is -3.86. The molecule has 7 nitrogen and oxygen atoms in total. The number of halogens is 2. The third-order valence-electron chi connectivity index (χ3n) is 4.19. The number of amides is 1. The van der Waals surface area contributed by atoms with Gasteiger partial charge >= 0.3 is 0 Å². The van der Waals surface area contributed by atoms with Crippen molar-refractivity contribution in [1.82, 2.24) is 8.87 Å². The first-order valence-corrected chi connectivity index (χ1v) is 10.4. The zero-order valence-corrected chi connectivity index (χ0v) is 16.5. The predicted octanol–water partition coefficient (Wildman–Crippen LogP) is 2.58. The van der Waals surface area contributed by atoms with Gasteiger partial charge in [0.05, 0.1) is 10.0 Å². The molecule has 0 saturated carbocycles. The van der Waals surface area contributed by atoms with Gasteiger partial charge in [-0.2, -0.15) is 4.31 Å². The molecule has 1 aliphatic rings. The second-order valence-corrected chi connectivity index (χ2v) is 8.81. The van der Waals surface area contributed by atoms with Crippen molar-refractivity contribution in [2.24, 2.45) is 0 Å². The number of hydrogen-bond acceptors (Lipinski definition) is 4. The summed E-state index contributed by atoms with van der Waals surface area (Å²) >= 11 is 11.7. The molecule has 1 aliphatic heterocycles. The summed E-state index contributed by atoms with van der Waals surface area (Å²) in [5, 5.41) is 3.23. The van der Waals surface area contributed by atoms with E-state index in [0.29, 0.717) is 23.8 Å². The van der Waals surface area contributed by atoms with Gasteiger partial charge in [-0.05, 0) is 43.2 Å². The summed E-state index contributed by atoms with van der Waals surface area (Å²) in [5.74, 6) is -0.494. The van der Waals surface area contributed by atoms with Gasteiger partial charge in [-0.3, -0.25) is 9.59 Å². The SMILES string of the molecule is O=C(Cn1cccc(S(=O)(=O)N2CCCC2)c1=O)Nc1ccc(Cl)c(Cl)c1. The molecule has 0 radical (unpaired) electrons. The minimum Gasteiger partial charge on any atom is -0.324 e. The Balaban J connectivity index is 1.80. The van der Waals surface area contributed by atoms with E-state index in [1.165, 1.54) is 34.8 Å². The Morgan fingerprint density at radius 3 is 2.48 bits per heavy atom. The van der Waals surface area contributed by atoms with Gasteiger partial charge in [-0.25, -0.2) is 8.42 Å². The lowest BCUT2D eigenvalue weighted by Crippen LogP contribution is -2.36. The Kier molecular flexibility index (Phi) is 5.90. The normalized spacial score (nSPS) is 15.0. The average Bonchev–Trinajstić information content (AvgIpc) is 3.15. The van der Waals surface area contributed by atoms with Crippen molar-refractivity contribution < 1.29 is 13.2 Å². The highest BCUT2D eigenvalue weighted by atomic mass is 35.5. The first-order valence-electron chi connectivity index (χ1n) is 8.23. The van der Waals surface area contributed by atoms with Crippen LogP contribution in [0.4, 0.5) is 5.69 Å². The predicted molar refractivity (Wildman–Crippen MR) is 104 cm³/mol. The number of aromatic nitrogens is 1. The van der Waals surface area contributed by atoms with Gasteiger partial charge in [-0.1, -0.05) is 23.2 Å². The first-order chi connectivity index (χ1) is 12.8. The zero-order valence-electron chi connectivity index (χ0n) is 14.2. The molecule has 2 aromatic rings. The van der Waals surface area contributed by atoms with Crippen LogP contribution < -0.4 is 10.9 Å². The Hall–Kier alpha value is -1.87. The summed E-state index contributed by atoms with van der Waals surface area (Å²) in [6.45, 7) is 0.464. The van der Waals surface area contributed by atoms with Crippen LogP contribution in [-0.4, -0.2) is 36.3 Å². The molecule has 1 saturated heterocycles.